The van der Waals surface area contributed by atoms with E-state index in [1.807, 2.05) is 34.6 Å². The van der Waals surface area contributed by atoms with Gasteiger partial charge in [0.15, 0.2) is 5.79 Å². The second kappa shape index (κ2) is 32.4. The van der Waals surface area contributed by atoms with Gasteiger partial charge in [0.2, 0.25) is 0 Å². The van der Waals surface area contributed by atoms with Crippen LogP contribution in [-0.4, -0.2) is 82.7 Å². The first-order valence-electron chi connectivity index (χ1n) is 20.5. The molecule has 0 bridgehead atoms. The third-order valence-electron chi connectivity index (χ3n) is 9.86. The van der Waals surface area contributed by atoms with Crippen LogP contribution in [0.5, 0.6) is 0 Å². The number of rotatable bonds is 14. The van der Waals surface area contributed by atoms with Crippen LogP contribution in [-0.2, 0) is 0 Å². The number of hydrogen-bond acceptors (Lipinski definition) is 8. The zero-order chi connectivity index (χ0) is 47.1. The fourth-order valence-electron chi connectivity index (χ4n) is 5.28. The lowest BCUT2D eigenvalue weighted by Crippen LogP contribution is -2.34. The van der Waals surface area contributed by atoms with Crippen molar-refractivity contribution in [3.63, 3.8) is 0 Å². The third-order valence-corrected chi connectivity index (χ3v) is 9.86. The molecule has 61 heavy (non-hydrogen) atoms. The second-order valence-corrected chi connectivity index (χ2v) is 15.1. The van der Waals surface area contributed by atoms with Gasteiger partial charge in [-0.15, -0.1) is 0 Å². The molecule has 0 radical (unpaired) electrons. The molecule has 4 aromatic carbocycles. The lowest BCUT2D eigenvalue weighted by molar-refractivity contribution is -0.185. The summed E-state index contributed by atoms with van der Waals surface area (Å²) in [5.74, 6) is -3.62. The van der Waals surface area contributed by atoms with Crippen LogP contribution < -0.4 is 0 Å². The van der Waals surface area contributed by atoms with Crippen LogP contribution in [0.3, 0.4) is 0 Å². The molecule has 8 N–H and O–H groups in total. The van der Waals surface area contributed by atoms with Crippen molar-refractivity contribution < 1.29 is 60.0 Å². The number of aromatic carboxylic acids is 4. The summed E-state index contributed by atoms with van der Waals surface area (Å²) in [6, 6.07) is 33.2. The van der Waals surface area contributed by atoms with Crippen molar-refractivity contribution in [3.8, 4) is 0 Å². The number of hydrogen-bond donors (Lipinski definition) is 8. The van der Waals surface area contributed by atoms with Crippen molar-refractivity contribution in [1.29, 1.82) is 0 Å². The monoisotopic (exact) mass is 850 g/mol. The summed E-state index contributed by atoms with van der Waals surface area (Å²) in [5.41, 5.74) is 1.32. The van der Waals surface area contributed by atoms with E-state index in [4.69, 9.17) is 20.4 Å². The lowest BCUT2D eigenvalue weighted by Gasteiger charge is -2.29. The zero-order valence-corrected chi connectivity index (χ0v) is 37.1. The van der Waals surface area contributed by atoms with Crippen LogP contribution in [0.1, 0.15) is 129 Å². The van der Waals surface area contributed by atoms with E-state index in [1.165, 1.54) is 6.92 Å². The summed E-state index contributed by atoms with van der Waals surface area (Å²) in [7, 11) is 0. The Balaban J connectivity index is 0. The summed E-state index contributed by atoms with van der Waals surface area (Å²) < 4.78 is 0. The Kier molecular flexibility index (Phi) is 30.6. The van der Waals surface area contributed by atoms with Crippen molar-refractivity contribution in [2.45, 2.75) is 106 Å². The fraction of sp³-hybridized carbons (Fsp3) is 0.429. The van der Waals surface area contributed by atoms with E-state index >= 15 is 0 Å². The van der Waals surface area contributed by atoms with Crippen LogP contribution >= 0.6 is 0 Å². The molecule has 6 atom stereocenters. The molecule has 4 aromatic rings. The van der Waals surface area contributed by atoms with E-state index in [9.17, 15) is 39.6 Å². The normalized spacial score (nSPS) is 13.2. The third kappa shape index (κ3) is 27.1. The van der Waals surface area contributed by atoms with Crippen molar-refractivity contribution in [1.82, 2.24) is 0 Å². The van der Waals surface area contributed by atoms with Crippen LogP contribution in [0.4, 0.5) is 0 Å². The van der Waals surface area contributed by atoms with Gasteiger partial charge in [0.25, 0.3) is 0 Å². The predicted octanol–water partition coefficient (Wildman–Crippen LogP) is 9.74. The van der Waals surface area contributed by atoms with Crippen LogP contribution in [0.2, 0.25) is 0 Å². The molecule has 0 amide bonds. The largest absolute Gasteiger partial charge is 0.478 e. The van der Waals surface area contributed by atoms with Gasteiger partial charge < -0.3 is 40.9 Å². The molecule has 338 valence electrons. The molecule has 0 aliphatic heterocycles. The van der Waals surface area contributed by atoms with Gasteiger partial charge in [-0.2, -0.15) is 0 Å². The Hall–Kier alpha value is -5.40. The van der Waals surface area contributed by atoms with Crippen molar-refractivity contribution in [3.05, 3.63) is 144 Å². The van der Waals surface area contributed by atoms with Crippen LogP contribution in [0.15, 0.2) is 121 Å². The summed E-state index contributed by atoms with van der Waals surface area (Å²) in [6.07, 6.45) is 2.87. The van der Waals surface area contributed by atoms with Crippen molar-refractivity contribution in [2.24, 2.45) is 29.6 Å². The van der Waals surface area contributed by atoms with Gasteiger partial charge in [0.05, 0.1) is 34.5 Å². The minimum Gasteiger partial charge on any atom is -0.478 e. The molecule has 12 nitrogen and oxygen atoms in total. The molecule has 0 aliphatic carbocycles. The summed E-state index contributed by atoms with van der Waals surface area (Å²) in [5, 5.41) is 71.5. The summed E-state index contributed by atoms with van der Waals surface area (Å²) in [4.78, 5) is 40.8. The first kappa shape index (κ1) is 57.7. The number of carboxylic acid groups (broad SMARTS) is 4. The number of aliphatic hydroxyl groups is 4. The van der Waals surface area contributed by atoms with Gasteiger partial charge in [-0.3, -0.25) is 0 Å². The minimum absolute atomic E-state index is 0.0370. The van der Waals surface area contributed by atoms with Crippen LogP contribution in [0, 0.1) is 29.6 Å². The Morgan fingerprint density at radius 3 is 0.918 bits per heavy atom. The number of carboxylic acids is 4. The fourth-order valence-corrected chi connectivity index (χ4v) is 5.28. The Morgan fingerprint density at radius 1 is 0.475 bits per heavy atom. The van der Waals surface area contributed by atoms with Crippen molar-refractivity contribution in [2.75, 3.05) is 0 Å². The van der Waals surface area contributed by atoms with Crippen LogP contribution in [0.25, 0.3) is 0 Å². The van der Waals surface area contributed by atoms with E-state index in [1.54, 1.807) is 121 Å². The van der Waals surface area contributed by atoms with E-state index in [0.717, 1.165) is 25.7 Å². The van der Waals surface area contributed by atoms with Gasteiger partial charge in [0.1, 0.15) is 0 Å². The molecule has 0 aliphatic rings. The number of benzene rings is 4. The maximum atomic E-state index is 10.2. The average molecular weight is 851 g/mol. The topological polar surface area (TPSA) is 230 Å². The molecule has 0 saturated heterocycles. The highest BCUT2D eigenvalue weighted by Crippen LogP contribution is 2.27. The standard InChI is InChI=1S/C11H24O2.C10H22O2.4C7H6O2/c1-6-8(2)9(3)7-10(4)11(5,12)13;1-5-8(9(11)6-2)10(12)7(3)4;4*8-7(9)6-4-2-1-3-5-6/h8-10,12-13H,6-7H2,1-5H3;7-12H,5-6H2,1-4H3;4*1-5H,(H,8,9). The highest BCUT2D eigenvalue weighted by Gasteiger charge is 2.27. The molecule has 4 rings (SSSR count). The molecule has 0 fully saturated rings. The highest BCUT2D eigenvalue weighted by atomic mass is 16.5. The Labute approximate surface area is 362 Å². The average Bonchev–Trinajstić information content (AvgIpc) is 3.25. The molecule has 0 spiro atoms. The van der Waals surface area contributed by atoms with Crippen molar-refractivity contribution >= 4 is 23.9 Å². The van der Waals surface area contributed by atoms with Gasteiger partial charge in [-0.1, -0.05) is 135 Å². The Bertz CT molecular complexity index is 1530. The summed E-state index contributed by atoms with van der Waals surface area (Å²) in [6.45, 7) is 17.8. The smallest absolute Gasteiger partial charge is 0.335 e. The molecule has 6 unspecified atom stereocenters. The SMILES string of the molecule is CCC(C)C(C)CC(C)C(C)(O)O.CCC(O)C(CC)C(O)C(C)C.O=C(O)c1ccccc1.O=C(O)c1ccccc1.O=C(O)c1ccccc1.O=C(O)c1ccccc1. The lowest BCUT2D eigenvalue weighted by atomic mass is 9.83. The quantitative estimate of drug-likeness (QED) is 0.0555. The number of carbonyl (C=O) groups is 4. The molecule has 0 heterocycles. The predicted molar refractivity (Wildman–Crippen MR) is 240 cm³/mol. The first-order chi connectivity index (χ1) is 28.5. The molecule has 0 saturated carbocycles. The Morgan fingerprint density at radius 2 is 0.754 bits per heavy atom. The minimum atomic E-state index is -1.53. The molecule has 0 aromatic heterocycles. The molecular formula is C49H70O12. The maximum Gasteiger partial charge on any atom is 0.335 e. The summed E-state index contributed by atoms with van der Waals surface area (Å²) >= 11 is 0. The zero-order valence-electron chi connectivity index (χ0n) is 37.1. The first-order valence-corrected chi connectivity index (χ1v) is 20.5. The number of aliphatic hydroxyl groups excluding tert-OH is 2. The molecule has 12 heteroatoms. The van der Waals surface area contributed by atoms with Gasteiger partial charge in [-0.05, 0) is 92.5 Å². The second-order valence-electron chi connectivity index (χ2n) is 15.1. The van der Waals surface area contributed by atoms with Gasteiger partial charge >= 0.3 is 23.9 Å². The van der Waals surface area contributed by atoms with Gasteiger partial charge in [-0.25, -0.2) is 19.2 Å². The van der Waals surface area contributed by atoms with E-state index in [-0.39, 0.29) is 30.0 Å². The maximum absolute atomic E-state index is 10.2. The van der Waals surface area contributed by atoms with Gasteiger partial charge in [0, 0.05) is 11.8 Å². The van der Waals surface area contributed by atoms with E-state index < -0.39 is 29.7 Å². The van der Waals surface area contributed by atoms with E-state index in [2.05, 4.69) is 20.8 Å². The highest BCUT2D eigenvalue weighted by molar-refractivity contribution is 5.88. The molecular weight excluding hydrogens is 781 g/mol. The van der Waals surface area contributed by atoms with E-state index in [0.29, 0.717) is 34.1 Å².